The van der Waals surface area contributed by atoms with Gasteiger partial charge in [0.15, 0.2) is 0 Å². The largest absolute Gasteiger partial charge is 0.366 e. The fourth-order valence-corrected chi connectivity index (χ4v) is 3.28. The van der Waals surface area contributed by atoms with E-state index in [1.165, 1.54) is 23.1 Å². The average Bonchev–Trinajstić information content (AvgIpc) is 3.00. The van der Waals surface area contributed by atoms with E-state index in [1.54, 1.807) is 24.3 Å². The number of carbonyl (C=O) groups is 3. The van der Waals surface area contributed by atoms with Gasteiger partial charge in [-0.15, -0.1) is 0 Å². The third kappa shape index (κ3) is 4.25. The number of primary amides is 1. The minimum absolute atomic E-state index is 0.0667. The number of hydrogen-bond donors (Lipinski definition) is 2. The van der Waals surface area contributed by atoms with Crippen molar-refractivity contribution < 1.29 is 18.8 Å². The fraction of sp³-hybridized carbons (Fsp3) is 0.211. The molecule has 1 aliphatic rings. The van der Waals surface area contributed by atoms with Gasteiger partial charge in [0.2, 0.25) is 17.7 Å². The van der Waals surface area contributed by atoms with E-state index in [4.69, 9.17) is 17.3 Å². The molecule has 6 nitrogen and oxygen atoms in total. The van der Waals surface area contributed by atoms with Crippen LogP contribution in [0.2, 0.25) is 5.02 Å². The molecule has 0 radical (unpaired) electrons. The van der Waals surface area contributed by atoms with Gasteiger partial charge < -0.3 is 16.0 Å². The number of hydrogen-bond acceptors (Lipinski definition) is 3. The maximum atomic E-state index is 13.4. The van der Waals surface area contributed by atoms with Gasteiger partial charge in [0, 0.05) is 29.4 Å². The predicted octanol–water partition coefficient (Wildman–Crippen LogP) is 2.25. The van der Waals surface area contributed by atoms with Gasteiger partial charge >= 0.3 is 0 Å². The van der Waals surface area contributed by atoms with Crippen molar-refractivity contribution in [3.05, 3.63) is 64.4 Å². The summed E-state index contributed by atoms with van der Waals surface area (Å²) in [4.78, 5) is 37.8. The molecule has 0 spiro atoms. The number of carbonyl (C=O) groups excluding carboxylic acids is 3. The lowest BCUT2D eigenvalue weighted by atomic mass is 10.1. The standard InChI is InChI=1S/C19H17ClFN3O3/c20-13-6-11(7-14(21)9-13)10-23-18(26)16-4-5-24(19(16)27)15-3-1-2-12(8-15)17(22)25/h1-3,6-9,16H,4-5,10H2,(H2,22,25)(H,23,26). The minimum Gasteiger partial charge on any atom is -0.366 e. The topological polar surface area (TPSA) is 92.5 Å². The quantitative estimate of drug-likeness (QED) is 0.768. The van der Waals surface area contributed by atoms with Gasteiger partial charge in [-0.2, -0.15) is 0 Å². The van der Waals surface area contributed by atoms with Crippen LogP contribution in [0.4, 0.5) is 10.1 Å². The summed E-state index contributed by atoms with van der Waals surface area (Å²) in [6.07, 6.45) is 0.343. The van der Waals surface area contributed by atoms with Crippen molar-refractivity contribution in [2.45, 2.75) is 13.0 Å². The van der Waals surface area contributed by atoms with Crippen molar-refractivity contribution in [2.24, 2.45) is 11.7 Å². The minimum atomic E-state index is -0.841. The molecule has 1 unspecified atom stereocenters. The van der Waals surface area contributed by atoms with Gasteiger partial charge in [-0.05, 0) is 48.4 Å². The molecule has 1 aliphatic heterocycles. The molecule has 140 valence electrons. The Kier molecular flexibility index (Phi) is 5.41. The van der Waals surface area contributed by atoms with Gasteiger partial charge in [0.05, 0.1) is 0 Å². The summed E-state index contributed by atoms with van der Waals surface area (Å²) < 4.78 is 13.4. The first-order chi connectivity index (χ1) is 12.8. The third-order valence-electron chi connectivity index (χ3n) is 4.35. The van der Waals surface area contributed by atoms with Gasteiger partial charge in [0.1, 0.15) is 11.7 Å². The third-order valence-corrected chi connectivity index (χ3v) is 4.57. The second kappa shape index (κ2) is 7.75. The molecule has 1 atom stereocenters. The molecular formula is C19H17ClFN3O3. The van der Waals surface area contributed by atoms with Crippen molar-refractivity contribution in [2.75, 3.05) is 11.4 Å². The Bertz CT molecular complexity index is 899. The number of amides is 3. The first kappa shape index (κ1) is 18.8. The summed E-state index contributed by atoms with van der Waals surface area (Å²) in [5.41, 5.74) is 6.57. The molecule has 1 saturated heterocycles. The Hall–Kier alpha value is -2.93. The predicted molar refractivity (Wildman–Crippen MR) is 98.7 cm³/mol. The zero-order chi connectivity index (χ0) is 19.6. The molecule has 0 aliphatic carbocycles. The summed E-state index contributed by atoms with van der Waals surface area (Å²) in [7, 11) is 0. The van der Waals surface area contributed by atoms with Crippen LogP contribution in [0.5, 0.6) is 0 Å². The van der Waals surface area contributed by atoms with E-state index in [1.807, 2.05) is 0 Å². The summed E-state index contributed by atoms with van der Waals surface area (Å²) >= 11 is 5.79. The molecule has 0 aromatic heterocycles. The van der Waals surface area contributed by atoms with E-state index in [0.717, 1.165) is 0 Å². The maximum absolute atomic E-state index is 13.4. The van der Waals surface area contributed by atoms with Gasteiger partial charge in [-0.25, -0.2) is 4.39 Å². The summed E-state index contributed by atoms with van der Waals surface area (Å²) in [5, 5.41) is 2.87. The van der Waals surface area contributed by atoms with Crippen molar-refractivity contribution in [1.82, 2.24) is 5.32 Å². The lowest BCUT2D eigenvalue weighted by Gasteiger charge is -2.17. The molecule has 1 heterocycles. The normalized spacial score (nSPS) is 16.4. The first-order valence-electron chi connectivity index (χ1n) is 8.29. The second-order valence-electron chi connectivity index (χ2n) is 6.24. The van der Waals surface area contributed by atoms with Crippen LogP contribution in [-0.2, 0) is 16.1 Å². The highest BCUT2D eigenvalue weighted by Crippen LogP contribution is 2.26. The fourth-order valence-electron chi connectivity index (χ4n) is 3.03. The van der Waals surface area contributed by atoms with E-state index >= 15 is 0 Å². The van der Waals surface area contributed by atoms with Crippen molar-refractivity contribution in [3.63, 3.8) is 0 Å². The van der Waals surface area contributed by atoms with Gasteiger partial charge in [-0.3, -0.25) is 14.4 Å². The van der Waals surface area contributed by atoms with E-state index < -0.39 is 23.5 Å². The van der Waals surface area contributed by atoms with Crippen LogP contribution in [-0.4, -0.2) is 24.3 Å². The van der Waals surface area contributed by atoms with Crippen LogP contribution in [0.25, 0.3) is 0 Å². The SMILES string of the molecule is NC(=O)c1cccc(N2CCC(C(=O)NCc3cc(F)cc(Cl)c3)C2=O)c1. The zero-order valence-corrected chi connectivity index (χ0v) is 15.0. The average molecular weight is 390 g/mol. The van der Waals surface area contributed by atoms with Crippen molar-refractivity contribution in [3.8, 4) is 0 Å². The van der Waals surface area contributed by atoms with Gasteiger partial charge in [-0.1, -0.05) is 17.7 Å². The Balaban J connectivity index is 1.66. The maximum Gasteiger partial charge on any atom is 0.248 e. The van der Waals surface area contributed by atoms with Crippen molar-refractivity contribution in [1.29, 1.82) is 0 Å². The monoisotopic (exact) mass is 389 g/mol. The first-order valence-corrected chi connectivity index (χ1v) is 8.67. The van der Waals surface area contributed by atoms with E-state index in [-0.39, 0.29) is 23.0 Å². The number of benzene rings is 2. The number of nitrogens with two attached hydrogens (primary N) is 1. The van der Waals surface area contributed by atoms with Gasteiger partial charge in [0.25, 0.3) is 0 Å². The summed E-state index contributed by atoms with van der Waals surface area (Å²) in [6.45, 7) is 0.419. The lowest BCUT2D eigenvalue weighted by Crippen LogP contribution is -2.36. The molecule has 2 aromatic rings. The Morgan fingerprint density at radius 2 is 2.04 bits per heavy atom. The molecule has 27 heavy (non-hydrogen) atoms. The van der Waals surface area contributed by atoms with Crippen LogP contribution in [0.1, 0.15) is 22.3 Å². The van der Waals surface area contributed by atoms with Crippen LogP contribution in [0.3, 0.4) is 0 Å². The lowest BCUT2D eigenvalue weighted by molar-refractivity contribution is -0.132. The molecule has 1 fully saturated rings. The highest BCUT2D eigenvalue weighted by atomic mass is 35.5. The van der Waals surface area contributed by atoms with E-state index in [0.29, 0.717) is 24.2 Å². The van der Waals surface area contributed by atoms with Crippen LogP contribution < -0.4 is 16.0 Å². The molecule has 3 amide bonds. The number of nitrogens with zero attached hydrogens (tertiary/aromatic N) is 1. The number of nitrogens with one attached hydrogen (secondary N) is 1. The number of anilines is 1. The van der Waals surface area contributed by atoms with Crippen LogP contribution >= 0.6 is 11.6 Å². The summed E-state index contributed by atoms with van der Waals surface area (Å²) in [5.74, 6) is -2.72. The number of halogens is 2. The molecule has 8 heteroatoms. The van der Waals surface area contributed by atoms with E-state index in [2.05, 4.69) is 5.32 Å². The van der Waals surface area contributed by atoms with E-state index in [9.17, 15) is 18.8 Å². The Labute approximate surface area is 160 Å². The van der Waals surface area contributed by atoms with Crippen LogP contribution in [0, 0.1) is 11.7 Å². The van der Waals surface area contributed by atoms with Crippen LogP contribution in [0.15, 0.2) is 42.5 Å². The number of rotatable bonds is 5. The highest BCUT2D eigenvalue weighted by molar-refractivity contribution is 6.30. The Morgan fingerprint density at radius 1 is 1.26 bits per heavy atom. The zero-order valence-electron chi connectivity index (χ0n) is 14.2. The second-order valence-corrected chi connectivity index (χ2v) is 6.68. The highest BCUT2D eigenvalue weighted by Gasteiger charge is 2.37. The molecule has 3 N–H and O–H groups in total. The molecule has 2 aromatic carbocycles. The molecule has 0 saturated carbocycles. The van der Waals surface area contributed by atoms with Crippen molar-refractivity contribution >= 4 is 35.0 Å². The Morgan fingerprint density at radius 3 is 2.74 bits per heavy atom. The smallest absolute Gasteiger partial charge is 0.248 e. The molecule has 0 bridgehead atoms. The molecule has 3 rings (SSSR count). The summed E-state index contributed by atoms with van der Waals surface area (Å²) in [6, 6.07) is 10.4. The molecular weight excluding hydrogens is 373 g/mol.